The SMILES string of the molecule is CNCc1ccc(S(=O)(=O)N(C)Cc2cccc(C)c2)s1. The quantitative estimate of drug-likeness (QED) is 0.888. The summed E-state index contributed by atoms with van der Waals surface area (Å²) in [6.45, 7) is 3.06. The summed E-state index contributed by atoms with van der Waals surface area (Å²) in [5.74, 6) is 0. The molecule has 0 unspecified atom stereocenters. The highest BCUT2D eigenvalue weighted by Gasteiger charge is 2.22. The summed E-state index contributed by atoms with van der Waals surface area (Å²) in [4.78, 5) is 1.01. The molecule has 2 aromatic rings. The Labute approximate surface area is 130 Å². The smallest absolute Gasteiger partial charge is 0.252 e. The van der Waals surface area contributed by atoms with E-state index in [0.29, 0.717) is 17.3 Å². The molecule has 0 bridgehead atoms. The summed E-state index contributed by atoms with van der Waals surface area (Å²) in [5.41, 5.74) is 2.12. The molecule has 1 heterocycles. The minimum atomic E-state index is -3.42. The summed E-state index contributed by atoms with van der Waals surface area (Å²) in [6.07, 6.45) is 0. The minimum absolute atomic E-state index is 0.378. The molecule has 0 radical (unpaired) electrons. The maximum atomic E-state index is 12.6. The third-order valence-corrected chi connectivity index (χ3v) is 6.50. The van der Waals surface area contributed by atoms with E-state index in [1.54, 1.807) is 13.1 Å². The van der Waals surface area contributed by atoms with E-state index >= 15 is 0 Å². The van der Waals surface area contributed by atoms with E-state index in [2.05, 4.69) is 5.32 Å². The molecule has 0 aliphatic rings. The zero-order chi connectivity index (χ0) is 15.5. The van der Waals surface area contributed by atoms with Gasteiger partial charge >= 0.3 is 0 Å². The van der Waals surface area contributed by atoms with Crippen LogP contribution in [0.15, 0.2) is 40.6 Å². The van der Waals surface area contributed by atoms with Crippen molar-refractivity contribution >= 4 is 21.4 Å². The van der Waals surface area contributed by atoms with E-state index in [0.717, 1.165) is 16.0 Å². The molecule has 6 heteroatoms. The van der Waals surface area contributed by atoms with Crippen molar-refractivity contribution in [1.29, 1.82) is 0 Å². The molecular formula is C15H20N2O2S2. The van der Waals surface area contributed by atoms with Crippen LogP contribution in [0.3, 0.4) is 0 Å². The molecule has 4 nitrogen and oxygen atoms in total. The third-order valence-electron chi connectivity index (χ3n) is 3.14. The van der Waals surface area contributed by atoms with Crippen molar-refractivity contribution in [1.82, 2.24) is 9.62 Å². The standard InChI is InChI=1S/C15H20N2O2S2/c1-12-5-4-6-13(9-12)11-17(3)21(18,19)15-8-7-14(20-15)10-16-2/h4-9,16H,10-11H2,1-3H3. The molecule has 0 atom stereocenters. The van der Waals surface area contributed by atoms with Crippen molar-refractivity contribution in [3.63, 3.8) is 0 Å². The lowest BCUT2D eigenvalue weighted by molar-refractivity contribution is 0.468. The molecule has 2 rings (SSSR count). The van der Waals surface area contributed by atoms with Crippen molar-refractivity contribution in [3.8, 4) is 0 Å². The van der Waals surface area contributed by atoms with Gasteiger partial charge < -0.3 is 5.32 Å². The Balaban J connectivity index is 2.17. The van der Waals surface area contributed by atoms with E-state index in [1.165, 1.54) is 15.6 Å². The lowest BCUT2D eigenvalue weighted by Gasteiger charge is -2.16. The first-order valence-corrected chi connectivity index (χ1v) is 8.94. The van der Waals surface area contributed by atoms with Gasteiger partial charge in [-0.3, -0.25) is 0 Å². The molecule has 0 aliphatic carbocycles. The maximum Gasteiger partial charge on any atom is 0.252 e. The number of thiophene rings is 1. The first-order chi connectivity index (χ1) is 9.93. The van der Waals surface area contributed by atoms with Crippen molar-refractivity contribution in [2.75, 3.05) is 14.1 Å². The number of aryl methyl sites for hydroxylation is 1. The number of rotatable bonds is 6. The van der Waals surface area contributed by atoms with Crippen LogP contribution in [0, 0.1) is 6.92 Å². The predicted octanol–water partition coefficient (Wildman–Crippen LogP) is 2.60. The summed E-state index contributed by atoms with van der Waals surface area (Å²) >= 11 is 1.31. The van der Waals surface area contributed by atoms with Gasteiger partial charge in [-0.2, -0.15) is 4.31 Å². The molecular weight excluding hydrogens is 304 g/mol. The second kappa shape index (κ2) is 6.70. The zero-order valence-corrected chi connectivity index (χ0v) is 14.1. The fraction of sp³-hybridized carbons (Fsp3) is 0.333. The van der Waals surface area contributed by atoms with Gasteiger partial charge in [-0.05, 0) is 31.7 Å². The van der Waals surface area contributed by atoms with Crippen LogP contribution in [0.1, 0.15) is 16.0 Å². The van der Waals surface area contributed by atoms with Gasteiger partial charge in [0, 0.05) is 25.0 Å². The fourth-order valence-electron chi connectivity index (χ4n) is 2.07. The molecule has 0 saturated carbocycles. The number of hydrogen-bond donors (Lipinski definition) is 1. The summed E-state index contributed by atoms with van der Waals surface area (Å²) < 4.78 is 26.9. The topological polar surface area (TPSA) is 49.4 Å². The van der Waals surface area contributed by atoms with Crippen molar-refractivity contribution < 1.29 is 8.42 Å². The highest BCUT2D eigenvalue weighted by atomic mass is 32.2. The maximum absolute atomic E-state index is 12.6. The highest BCUT2D eigenvalue weighted by Crippen LogP contribution is 2.25. The normalized spacial score (nSPS) is 12.0. The molecule has 21 heavy (non-hydrogen) atoms. The van der Waals surface area contributed by atoms with Gasteiger partial charge in [-0.25, -0.2) is 8.42 Å². The Bertz CT molecular complexity index is 708. The fourth-order valence-corrected chi connectivity index (χ4v) is 4.81. The van der Waals surface area contributed by atoms with E-state index in [9.17, 15) is 8.42 Å². The van der Waals surface area contributed by atoms with Crippen molar-refractivity contribution in [2.45, 2.75) is 24.2 Å². The predicted molar refractivity (Wildman–Crippen MR) is 86.9 cm³/mol. The highest BCUT2D eigenvalue weighted by molar-refractivity contribution is 7.91. The van der Waals surface area contributed by atoms with Crippen LogP contribution < -0.4 is 5.32 Å². The Morgan fingerprint density at radius 2 is 2.00 bits per heavy atom. The van der Waals surface area contributed by atoms with Crippen LogP contribution in [-0.4, -0.2) is 26.8 Å². The van der Waals surface area contributed by atoms with Gasteiger partial charge in [0.2, 0.25) is 0 Å². The number of nitrogens with one attached hydrogen (secondary N) is 1. The largest absolute Gasteiger partial charge is 0.315 e. The van der Waals surface area contributed by atoms with Crippen molar-refractivity contribution in [3.05, 3.63) is 52.4 Å². The Hall–Kier alpha value is -1.21. The number of nitrogens with zero attached hydrogens (tertiary/aromatic N) is 1. The van der Waals surface area contributed by atoms with Crippen LogP contribution in [0.5, 0.6) is 0 Å². The molecule has 0 saturated heterocycles. The molecule has 114 valence electrons. The van der Waals surface area contributed by atoms with Gasteiger partial charge in [-0.15, -0.1) is 11.3 Å². The zero-order valence-electron chi connectivity index (χ0n) is 12.5. The first kappa shape index (κ1) is 16.2. The van der Waals surface area contributed by atoms with Crippen LogP contribution >= 0.6 is 11.3 Å². The molecule has 0 aliphatic heterocycles. The number of hydrogen-bond acceptors (Lipinski definition) is 4. The number of sulfonamides is 1. The Morgan fingerprint density at radius 1 is 1.24 bits per heavy atom. The van der Waals surface area contributed by atoms with Crippen LogP contribution in [-0.2, 0) is 23.1 Å². The summed E-state index contributed by atoms with van der Waals surface area (Å²) in [5, 5.41) is 3.03. The van der Waals surface area contributed by atoms with Crippen LogP contribution in [0.4, 0.5) is 0 Å². The van der Waals surface area contributed by atoms with Gasteiger partial charge in [0.1, 0.15) is 4.21 Å². The second-order valence-electron chi connectivity index (χ2n) is 5.00. The molecule has 0 amide bonds. The number of benzene rings is 1. The monoisotopic (exact) mass is 324 g/mol. The van der Waals surface area contributed by atoms with E-state index in [4.69, 9.17) is 0 Å². The lowest BCUT2D eigenvalue weighted by atomic mass is 10.1. The van der Waals surface area contributed by atoms with Gasteiger partial charge in [0.05, 0.1) is 0 Å². The van der Waals surface area contributed by atoms with E-state index in [-0.39, 0.29) is 0 Å². The van der Waals surface area contributed by atoms with Gasteiger partial charge in [-0.1, -0.05) is 29.8 Å². The molecule has 0 fully saturated rings. The minimum Gasteiger partial charge on any atom is -0.315 e. The van der Waals surface area contributed by atoms with Gasteiger partial charge in [0.15, 0.2) is 0 Å². The van der Waals surface area contributed by atoms with Crippen molar-refractivity contribution in [2.24, 2.45) is 0 Å². The molecule has 1 aromatic carbocycles. The second-order valence-corrected chi connectivity index (χ2v) is 8.44. The van der Waals surface area contributed by atoms with E-state index < -0.39 is 10.0 Å². The third kappa shape index (κ3) is 3.91. The Morgan fingerprint density at radius 3 is 2.67 bits per heavy atom. The molecule has 1 N–H and O–H groups in total. The Kier molecular flexibility index (Phi) is 5.16. The average Bonchev–Trinajstić information content (AvgIpc) is 2.88. The van der Waals surface area contributed by atoms with Crippen LogP contribution in [0.25, 0.3) is 0 Å². The van der Waals surface area contributed by atoms with Gasteiger partial charge in [0.25, 0.3) is 10.0 Å². The summed E-state index contributed by atoms with van der Waals surface area (Å²) in [6, 6.07) is 11.4. The lowest BCUT2D eigenvalue weighted by Crippen LogP contribution is -2.25. The van der Waals surface area contributed by atoms with Crippen LogP contribution in [0.2, 0.25) is 0 Å². The first-order valence-electron chi connectivity index (χ1n) is 6.68. The molecule has 1 aromatic heterocycles. The van der Waals surface area contributed by atoms with E-state index in [1.807, 2.05) is 44.3 Å². The average molecular weight is 324 g/mol. The summed E-state index contributed by atoms with van der Waals surface area (Å²) in [7, 11) is 0.0417. The molecule has 0 spiro atoms.